The molecule has 1 aromatic carbocycles. The number of nitrogens with zero attached hydrogens (tertiary/aromatic N) is 1. The van der Waals surface area contributed by atoms with Crippen LogP contribution in [0.4, 0.5) is 5.69 Å². The molecule has 1 aliphatic heterocycles. The fraction of sp³-hybridized carbons (Fsp3) is 0.417. The van der Waals surface area contributed by atoms with Crippen molar-refractivity contribution in [2.75, 3.05) is 11.3 Å². The molecule has 1 heterocycles. The summed E-state index contributed by atoms with van der Waals surface area (Å²) in [7, 11) is -3.86. The van der Waals surface area contributed by atoms with E-state index in [2.05, 4.69) is 4.72 Å². The van der Waals surface area contributed by atoms with Crippen LogP contribution < -0.4 is 4.72 Å². The number of carbonyl (C=O) groups is 1. The first-order valence-electron chi connectivity index (χ1n) is 6.19. The van der Waals surface area contributed by atoms with E-state index in [-0.39, 0.29) is 6.54 Å². The standard InChI is InChI=1S/C12H15IN2O4S/c13-9-5-1-2-6-10(9)14-20(18,19)15-8-4-3-7-11(15)12(16)17/h1-2,5-6,11,14H,3-4,7-8H2,(H,16,17). The van der Waals surface area contributed by atoms with Gasteiger partial charge in [0, 0.05) is 10.1 Å². The Kier molecular flexibility index (Phi) is 4.86. The summed E-state index contributed by atoms with van der Waals surface area (Å²) in [4.78, 5) is 11.2. The highest BCUT2D eigenvalue weighted by molar-refractivity contribution is 14.1. The highest BCUT2D eigenvalue weighted by Gasteiger charge is 2.36. The van der Waals surface area contributed by atoms with Gasteiger partial charge in [0.25, 0.3) is 0 Å². The number of benzene rings is 1. The minimum absolute atomic E-state index is 0.232. The van der Waals surface area contributed by atoms with Crippen molar-refractivity contribution in [1.82, 2.24) is 4.31 Å². The number of nitrogens with one attached hydrogen (secondary N) is 1. The molecule has 2 rings (SSSR count). The Morgan fingerprint density at radius 3 is 2.70 bits per heavy atom. The lowest BCUT2D eigenvalue weighted by atomic mass is 10.1. The van der Waals surface area contributed by atoms with Gasteiger partial charge in [-0.05, 0) is 54.0 Å². The van der Waals surface area contributed by atoms with Gasteiger partial charge in [-0.25, -0.2) is 0 Å². The Balaban J connectivity index is 2.25. The van der Waals surface area contributed by atoms with E-state index < -0.39 is 22.2 Å². The lowest BCUT2D eigenvalue weighted by molar-refractivity contribution is -0.142. The van der Waals surface area contributed by atoms with Crippen molar-refractivity contribution in [2.45, 2.75) is 25.3 Å². The van der Waals surface area contributed by atoms with Crippen molar-refractivity contribution in [2.24, 2.45) is 0 Å². The summed E-state index contributed by atoms with van der Waals surface area (Å²) in [5.74, 6) is -1.10. The van der Waals surface area contributed by atoms with Gasteiger partial charge in [0.05, 0.1) is 5.69 Å². The van der Waals surface area contributed by atoms with Crippen molar-refractivity contribution in [3.05, 3.63) is 27.8 Å². The summed E-state index contributed by atoms with van der Waals surface area (Å²) < 4.78 is 29.0. The summed E-state index contributed by atoms with van der Waals surface area (Å²) in [5, 5.41) is 9.16. The van der Waals surface area contributed by atoms with E-state index in [1.807, 2.05) is 22.6 Å². The minimum Gasteiger partial charge on any atom is -0.480 e. The van der Waals surface area contributed by atoms with E-state index in [0.29, 0.717) is 18.5 Å². The van der Waals surface area contributed by atoms with E-state index in [1.165, 1.54) is 0 Å². The molecule has 20 heavy (non-hydrogen) atoms. The number of carboxylic acids is 1. The van der Waals surface area contributed by atoms with Crippen molar-refractivity contribution < 1.29 is 18.3 Å². The quantitative estimate of drug-likeness (QED) is 0.743. The number of halogens is 1. The highest BCUT2D eigenvalue weighted by Crippen LogP contribution is 2.24. The first-order chi connectivity index (χ1) is 9.42. The number of hydrogen-bond donors (Lipinski definition) is 2. The topological polar surface area (TPSA) is 86.7 Å². The second-order valence-corrected chi connectivity index (χ2v) is 7.33. The van der Waals surface area contributed by atoms with Gasteiger partial charge in [-0.3, -0.25) is 9.52 Å². The molecular formula is C12H15IN2O4S. The van der Waals surface area contributed by atoms with E-state index in [0.717, 1.165) is 14.3 Å². The highest BCUT2D eigenvalue weighted by atomic mass is 127. The van der Waals surface area contributed by atoms with Crippen molar-refractivity contribution >= 4 is 44.5 Å². The lowest BCUT2D eigenvalue weighted by Gasteiger charge is -2.32. The van der Waals surface area contributed by atoms with Crippen LogP contribution in [0.1, 0.15) is 19.3 Å². The summed E-state index contributed by atoms with van der Waals surface area (Å²) in [6.45, 7) is 0.232. The summed E-state index contributed by atoms with van der Waals surface area (Å²) >= 11 is 2.03. The third-order valence-electron chi connectivity index (χ3n) is 3.16. The summed E-state index contributed by atoms with van der Waals surface area (Å²) in [6, 6.07) is 5.98. The van der Waals surface area contributed by atoms with Gasteiger partial charge in [0.15, 0.2) is 0 Å². The first-order valence-corrected chi connectivity index (χ1v) is 8.70. The molecular weight excluding hydrogens is 395 g/mol. The van der Waals surface area contributed by atoms with Crippen LogP contribution in [0.25, 0.3) is 0 Å². The minimum atomic E-state index is -3.86. The Hall–Kier alpha value is -0.870. The van der Waals surface area contributed by atoms with E-state index >= 15 is 0 Å². The molecule has 0 spiro atoms. The van der Waals surface area contributed by atoms with Crippen LogP contribution in [0.3, 0.4) is 0 Å². The molecule has 1 aromatic rings. The molecule has 0 aliphatic carbocycles. The van der Waals surface area contributed by atoms with Gasteiger partial charge in [0.2, 0.25) is 0 Å². The molecule has 1 fully saturated rings. The molecule has 1 aliphatic rings. The third-order valence-corrected chi connectivity index (χ3v) is 5.63. The van der Waals surface area contributed by atoms with E-state index in [9.17, 15) is 13.2 Å². The molecule has 0 amide bonds. The zero-order chi connectivity index (χ0) is 14.8. The Labute approximate surface area is 131 Å². The summed E-state index contributed by atoms with van der Waals surface area (Å²) in [5.41, 5.74) is 0.461. The fourth-order valence-corrected chi connectivity index (χ4v) is 4.36. The number of para-hydroxylation sites is 1. The van der Waals surface area contributed by atoms with Crippen LogP contribution in [0.2, 0.25) is 0 Å². The average molecular weight is 410 g/mol. The predicted molar refractivity (Wildman–Crippen MR) is 83.7 cm³/mol. The summed E-state index contributed by atoms with van der Waals surface area (Å²) in [6.07, 6.45) is 1.75. The van der Waals surface area contributed by atoms with Gasteiger partial charge >= 0.3 is 16.2 Å². The molecule has 6 nitrogen and oxygen atoms in total. The molecule has 1 atom stereocenters. The maximum atomic E-state index is 12.4. The third kappa shape index (κ3) is 3.41. The number of anilines is 1. The molecule has 1 unspecified atom stereocenters. The number of hydrogen-bond acceptors (Lipinski definition) is 3. The average Bonchev–Trinajstić information content (AvgIpc) is 2.41. The van der Waals surface area contributed by atoms with Crippen LogP contribution in [-0.4, -0.2) is 36.4 Å². The van der Waals surface area contributed by atoms with Crippen LogP contribution in [0.15, 0.2) is 24.3 Å². The number of aliphatic carboxylic acids is 1. The van der Waals surface area contributed by atoms with Gasteiger partial charge in [-0.1, -0.05) is 12.1 Å². The molecule has 1 saturated heterocycles. The lowest BCUT2D eigenvalue weighted by Crippen LogP contribution is -2.50. The molecule has 0 saturated carbocycles. The number of carboxylic acid groups (broad SMARTS) is 1. The second-order valence-electron chi connectivity index (χ2n) is 4.55. The molecule has 110 valence electrons. The molecule has 8 heteroatoms. The van der Waals surface area contributed by atoms with Gasteiger partial charge in [0.1, 0.15) is 6.04 Å². The monoisotopic (exact) mass is 410 g/mol. The van der Waals surface area contributed by atoms with E-state index in [1.54, 1.807) is 24.3 Å². The van der Waals surface area contributed by atoms with Gasteiger partial charge in [-0.2, -0.15) is 12.7 Å². The van der Waals surface area contributed by atoms with Gasteiger partial charge in [-0.15, -0.1) is 0 Å². The maximum absolute atomic E-state index is 12.4. The second kappa shape index (κ2) is 6.27. The zero-order valence-electron chi connectivity index (χ0n) is 10.6. The molecule has 0 bridgehead atoms. The van der Waals surface area contributed by atoms with Crippen molar-refractivity contribution in [3.8, 4) is 0 Å². The van der Waals surface area contributed by atoms with Crippen LogP contribution in [-0.2, 0) is 15.0 Å². The van der Waals surface area contributed by atoms with Crippen molar-refractivity contribution in [1.29, 1.82) is 0 Å². The Morgan fingerprint density at radius 1 is 1.35 bits per heavy atom. The maximum Gasteiger partial charge on any atom is 0.322 e. The predicted octanol–water partition coefficient (Wildman–Crippen LogP) is 1.89. The zero-order valence-corrected chi connectivity index (χ0v) is 13.6. The number of rotatable bonds is 4. The van der Waals surface area contributed by atoms with E-state index in [4.69, 9.17) is 5.11 Å². The van der Waals surface area contributed by atoms with Crippen molar-refractivity contribution in [3.63, 3.8) is 0 Å². The SMILES string of the molecule is O=C(O)C1CCCCN1S(=O)(=O)Nc1ccccc1I. The molecule has 0 aromatic heterocycles. The Morgan fingerprint density at radius 2 is 2.05 bits per heavy atom. The van der Waals surface area contributed by atoms with Crippen LogP contribution >= 0.6 is 22.6 Å². The Bertz CT molecular complexity index is 605. The van der Waals surface area contributed by atoms with Crippen LogP contribution in [0.5, 0.6) is 0 Å². The fourth-order valence-electron chi connectivity index (χ4n) is 2.18. The molecule has 0 radical (unpaired) electrons. The number of piperidine rings is 1. The van der Waals surface area contributed by atoms with Gasteiger partial charge < -0.3 is 5.11 Å². The normalized spacial score (nSPS) is 20.6. The molecule has 2 N–H and O–H groups in total. The first kappa shape index (κ1) is 15.5. The smallest absolute Gasteiger partial charge is 0.322 e. The van der Waals surface area contributed by atoms with Crippen LogP contribution in [0, 0.1) is 3.57 Å². The largest absolute Gasteiger partial charge is 0.480 e.